The third-order valence-corrected chi connectivity index (χ3v) is 3.66. The second-order valence-corrected chi connectivity index (χ2v) is 4.99. The van der Waals surface area contributed by atoms with Gasteiger partial charge in [-0.3, -0.25) is 9.78 Å². The summed E-state index contributed by atoms with van der Waals surface area (Å²) < 4.78 is 0. The van der Waals surface area contributed by atoms with E-state index in [-0.39, 0.29) is 0 Å². The molecule has 0 aliphatic rings. The van der Waals surface area contributed by atoms with Crippen molar-refractivity contribution in [3.63, 3.8) is 0 Å². The molecule has 0 amide bonds. The molecule has 0 saturated heterocycles. The Kier molecular flexibility index (Phi) is 3.65. The average Bonchev–Trinajstić information content (AvgIpc) is 2.53. The van der Waals surface area contributed by atoms with Crippen molar-refractivity contribution in [2.45, 2.75) is 12.3 Å². The molecular formula is C18H15NO2. The van der Waals surface area contributed by atoms with E-state index in [4.69, 9.17) is 0 Å². The quantitative estimate of drug-likeness (QED) is 0.792. The minimum atomic E-state index is -0.804. The number of hydrogen-bond acceptors (Lipinski definition) is 2. The molecule has 2 aromatic carbocycles. The van der Waals surface area contributed by atoms with E-state index in [0.717, 1.165) is 22.0 Å². The number of fused-ring (bicyclic) bond motifs is 1. The molecule has 3 rings (SSSR count). The smallest absolute Gasteiger partial charge is 0.311 e. The summed E-state index contributed by atoms with van der Waals surface area (Å²) in [6, 6.07) is 19.1. The summed E-state index contributed by atoms with van der Waals surface area (Å²) >= 11 is 0. The molecule has 1 aromatic heterocycles. The predicted molar refractivity (Wildman–Crippen MR) is 82.3 cm³/mol. The Morgan fingerprint density at radius 2 is 1.81 bits per heavy atom. The molecule has 3 heteroatoms. The van der Waals surface area contributed by atoms with Crippen LogP contribution in [0.4, 0.5) is 0 Å². The molecular weight excluding hydrogens is 262 g/mol. The second kappa shape index (κ2) is 5.75. The van der Waals surface area contributed by atoms with Crippen LogP contribution in [0.25, 0.3) is 10.9 Å². The number of carboxylic acids is 1. The first kappa shape index (κ1) is 13.3. The number of aliphatic carboxylic acids is 1. The van der Waals surface area contributed by atoms with Crippen LogP contribution in [0, 0.1) is 0 Å². The zero-order valence-corrected chi connectivity index (χ0v) is 11.4. The maximum atomic E-state index is 11.6. The fourth-order valence-electron chi connectivity index (χ4n) is 2.60. The topological polar surface area (TPSA) is 50.2 Å². The first-order valence-corrected chi connectivity index (χ1v) is 6.86. The van der Waals surface area contributed by atoms with Gasteiger partial charge in [0.15, 0.2) is 0 Å². The van der Waals surface area contributed by atoms with E-state index in [1.165, 1.54) is 0 Å². The van der Waals surface area contributed by atoms with E-state index in [0.29, 0.717) is 6.42 Å². The van der Waals surface area contributed by atoms with Gasteiger partial charge >= 0.3 is 5.97 Å². The molecule has 0 saturated carbocycles. The van der Waals surface area contributed by atoms with Gasteiger partial charge in [0, 0.05) is 11.6 Å². The number of aromatic nitrogens is 1. The van der Waals surface area contributed by atoms with Gasteiger partial charge in [0.1, 0.15) is 0 Å². The highest BCUT2D eigenvalue weighted by Crippen LogP contribution is 2.25. The summed E-state index contributed by atoms with van der Waals surface area (Å²) in [7, 11) is 0. The molecule has 1 unspecified atom stereocenters. The van der Waals surface area contributed by atoms with E-state index in [2.05, 4.69) is 4.98 Å². The molecule has 1 atom stereocenters. The number of hydrogen-bond donors (Lipinski definition) is 1. The lowest BCUT2D eigenvalue weighted by molar-refractivity contribution is -0.138. The Balaban J connectivity index is 2.01. The fourth-order valence-corrected chi connectivity index (χ4v) is 2.60. The lowest BCUT2D eigenvalue weighted by Crippen LogP contribution is -2.14. The molecule has 21 heavy (non-hydrogen) atoms. The molecule has 0 fully saturated rings. The number of benzene rings is 2. The van der Waals surface area contributed by atoms with Crippen LogP contribution in [-0.4, -0.2) is 16.1 Å². The summed E-state index contributed by atoms with van der Waals surface area (Å²) in [6.45, 7) is 0. The normalized spacial score (nSPS) is 12.2. The van der Waals surface area contributed by atoms with Crippen molar-refractivity contribution in [1.82, 2.24) is 4.98 Å². The van der Waals surface area contributed by atoms with Gasteiger partial charge in [-0.2, -0.15) is 0 Å². The summed E-state index contributed by atoms with van der Waals surface area (Å²) in [6.07, 6.45) is 2.21. The Hall–Kier alpha value is -2.68. The van der Waals surface area contributed by atoms with Gasteiger partial charge in [0.2, 0.25) is 0 Å². The van der Waals surface area contributed by atoms with Crippen molar-refractivity contribution in [2.24, 2.45) is 0 Å². The summed E-state index contributed by atoms with van der Waals surface area (Å²) in [5.41, 5.74) is 2.73. The highest BCUT2D eigenvalue weighted by Gasteiger charge is 2.20. The lowest BCUT2D eigenvalue weighted by atomic mass is 9.90. The average molecular weight is 277 g/mol. The third kappa shape index (κ3) is 2.77. The monoisotopic (exact) mass is 277 g/mol. The van der Waals surface area contributed by atoms with Gasteiger partial charge in [-0.1, -0.05) is 48.5 Å². The van der Waals surface area contributed by atoms with Crippen LogP contribution in [0.3, 0.4) is 0 Å². The largest absolute Gasteiger partial charge is 0.481 e. The molecule has 3 nitrogen and oxygen atoms in total. The Labute approximate surface area is 122 Å². The first-order chi connectivity index (χ1) is 10.3. The number of rotatable bonds is 4. The van der Waals surface area contributed by atoms with Crippen molar-refractivity contribution in [1.29, 1.82) is 0 Å². The summed E-state index contributed by atoms with van der Waals surface area (Å²) in [5, 5.41) is 10.6. The summed E-state index contributed by atoms with van der Waals surface area (Å²) in [5.74, 6) is -1.35. The van der Waals surface area contributed by atoms with Crippen LogP contribution < -0.4 is 0 Å². The van der Waals surface area contributed by atoms with Gasteiger partial charge in [0.25, 0.3) is 0 Å². The van der Waals surface area contributed by atoms with E-state index < -0.39 is 11.9 Å². The van der Waals surface area contributed by atoms with Gasteiger partial charge in [-0.25, -0.2) is 0 Å². The van der Waals surface area contributed by atoms with Crippen molar-refractivity contribution < 1.29 is 9.90 Å². The minimum absolute atomic E-state index is 0.461. The lowest BCUT2D eigenvalue weighted by Gasteiger charge is -2.14. The van der Waals surface area contributed by atoms with Gasteiger partial charge in [0.05, 0.1) is 11.4 Å². The Bertz CT molecular complexity index is 763. The molecule has 0 spiro atoms. The van der Waals surface area contributed by atoms with E-state index >= 15 is 0 Å². The Morgan fingerprint density at radius 3 is 2.57 bits per heavy atom. The van der Waals surface area contributed by atoms with Crippen LogP contribution in [-0.2, 0) is 11.2 Å². The summed E-state index contributed by atoms with van der Waals surface area (Å²) in [4.78, 5) is 15.9. The van der Waals surface area contributed by atoms with E-state index in [1.807, 2.05) is 60.7 Å². The predicted octanol–water partition coefficient (Wildman–Crippen LogP) is 3.65. The zero-order chi connectivity index (χ0) is 14.7. The maximum absolute atomic E-state index is 11.6. The molecule has 104 valence electrons. The van der Waals surface area contributed by atoms with E-state index in [1.54, 1.807) is 6.20 Å². The number of pyridine rings is 1. The molecule has 0 aliphatic heterocycles. The molecule has 1 N–H and O–H groups in total. The zero-order valence-electron chi connectivity index (χ0n) is 11.4. The SMILES string of the molecule is O=C(O)C(Cc1cccc2ncccc12)c1ccccc1. The minimum Gasteiger partial charge on any atom is -0.481 e. The van der Waals surface area contributed by atoms with Crippen molar-refractivity contribution in [3.8, 4) is 0 Å². The Morgan fingerprint density at radius 1 is 1.00 bits per heavy atom. The van der Waals surface area contributed by atoms with Crippen LogP contribution in [0.1, 0.15) is 17.0 Å². The second-order valence-electron chi connectivity index (χ2n) is 4.99. The standard InChI is InChI=1S/C18H15NO2/c20-18(21)16(13-6-2-1-3-7-13)12-14-8-4-10-17-15(14)9-5-11-19-17/h1-11,16H,12H2,(H,20,21). The molecule has 3 aromatic rings. The van der Waals surface area contributed by atoms with Crippen LogP contribution in [0.15, 0.2) is 66.9 Å². The van der Waals surface area contributed by atoms with Crippen LogP contribution >= 0.6 is 0 Å². The van der Waals surface area contributed by atoms with Crippen LogP contribution in [0.2, 0.25) is 0 Å². The van der Waals surface area contributed by atoms with Crippen LogP contribution in [0.5, 0.6) is 0 Å². The first-order valence-electron chi connectivity index (χ1n) is 6.86. The van der Waals surface area contributed by atoms with Gasteiger partial charge in [-0.15, -0.1) is 0 Å². The highest BCUT2D eigenvalue weighted by molar-refractivity contribution is 5.83. The van der Waals surface area contributed by atoms with E-state index in [9.17, 15) is 9.90 Å². The highest BCUT2D eigenvalue weighted by atomic mass is 16.4. The van der Waals surface area contributed by atoms with Crippen molar-refractivity contribution in [3.05, 3.63) is 78.0 Å². The number of carbonyl (C=O) groups is 1. The maximum Gasteiger partial charge on any atom is 0.311 e. The molecule has 1 heterocycles. The molecule has 0 radical (unpaired) electrons. The van der Waals surface area contributed by atoms with Gasteiger partial charge < -0.3 is 5.11 Å². The van der Waals surface area contributed by atoms with Crippen molar-refractivity contribution in [2.75, 3.05) is 0 Å². The molecule has 0 bridgehead atoms. The van der Waals surface area contributed by atoms with Gasteiger partial charge in [-0.05, 0) is 29.7 Å². The third-order valence-electron chi connectivity index (χ3n) is 3.66. The number of nitrogens with zero attached hydrogens (tertiary/aromatic N) is 1. The molecule has 0 aliphatic carbocycles. The van der Waals surface area contributed by atoms with Crippen molar-refractivity contribution >= 4 is 16.9 Å². The fraction of sp³-hybridized carbons (Fsp3) is 0.111. The number of carboxylic acid groups (broad SMARTS) is 1.